The number of hydrogen-bond donors (Lipinski definition) is 2. The lowest BCUT2D eigenvalue weighted by molar-refractivity contribution is 0.634. The van der Waals surface area contributed by atoms with Crippen molar-refractivity contribution in [2.45, 2.75) is 13.3 Å². The summed E-state index contributed by atoms with van der Waals surface area (Å²) in [6.07, 6.45) is 3.17. The lowest BCUT2D eigenvalue weighted by Crippen LogP contribution is -2.40. The number of rotatable bonds is 0. The molecular formula is C8H13N3. The zero-order valence-corrected chi connectivity index (χ0v) is 6.94. The molecule has 0 amide bonds. The number of hydrogen-bond acceptors (Lipinski definition) is 2. The first-order valence-electron chi connectivity index (χ1n) is 3.93. The summed E-state index contributed by atoms with van der Waals surface area (Å²) in [6.45, 7) is 3.16. The van der Waals surface area contributed by atoms with Crippen LogP contribution in [0.5, 0.6) is 0 Å². The van der Waals surface area contributed by atoms with E-state index >= 15 is 0 Å². The first-order valence-corrected chi connectivity index (χ1v) is 3.93. The predicted octanol–water partition coefficient (Wildman–Crippen LogP) is 0.820. The van der Waals surface area contributed by atoms with E-state index in [0.29, 0.717) is 0 Å². The lowest BCUT2D eigenvalue weighted by atomic mass is 10.2. The Morgan fingerprint density at radius 2 is 2.36 bits per heavy atom. The Bertz CT molecular complexity index is 264. The van der Waals surface area contributed by atoms with Crippen molar-refractivity contribution < 1.29 is 0 Å². The van der Waals surface area contributed by atoms with Gasteiger partial charge >= 0.3 is 0 Å². The lowest BCUT2D eigenvalue weighted by Gasteiger charge is -2.26. The van der Waals surface area contributed by atoms with Crippen LogP contribution >= 0.6 is 0 Å². The van der Waals surface area contributed by atoms with Gasteiger partial charge in [-0.15, -0.1) is 0 Å². The first-order chi connectivity index (χ1) is 5.29. The van der Waals surface area contributed by atoms with Gasteiger partial charge in [-0.25, -0.2) is 5.43 Å². The van der Waals surface area contributed by atoms with Crippen LogP contribution in [0.3, 0.4) is 0 Å². The van der Waals surface area contributed by atoms with Crippen LogP contribution in [-0.4, -0.2) is 18.6 Å². The smallest absolute Gasteiger partial charge is 0.0752 e. The number of anilines is 1. The minimum atomic E-state index is 1.03. The second kappa shape index (κ2) is 2.27. The molecule has 1 aliphatic rings. The van der Waals surface area contributed by atoms with E-state index in [1.807, 2.05) is 0 Å². The van der Waals surface area contributed by atoms with E-state index in [0.717, 1.165) is 13.0 Å². The van der Waals surface area contributed by atoms with Crippen molar-refractivity contribution in [2.75, 3.05) is 18.6 Å². The molecule has 0 saturated carbocycles. The van der Waals surface area contributed by atoms with Gasteiger partial charge in [-0.3, -0.25) is 0 Å². The Labute approximate surface area is 66.4 Å². The Morgan fingerprint density at radius 3 is 3.09 bits per heavy atom. The van der Waals surface area contributed by atoms with Gasteiger partial charge in [0.05, 0.1) is 5.69 Å². The molecule has 2 N–H and O–H groups in total. The predicted molar refractivity (Wildman–Crippen MR) is 45.6 cm³/mol. The Kier molecular flexibility index (Phi) is 1.39. The van der Waals surface area contributed by atoms with Crippen LogP contribution in [0.4, 0.5) is 5.69 Å². The number of H-pyrrole nitrogens is 1. The number of aromatic nitrogens is 1. The molecule has 0 spiro atoms. The van der Waals surface area contributed by atoms with Gasteiger partial charge in [0.25, 0.3) is 0 Å². The number of aryl methyl sites for hydroxylation is 1. The van der Waals surface area contributed by atoms with E-state index < -0.39 is 0 Å². The molecule has 0 radical (unpaired) electrons. The number of nitrogens with one attached hydrogen (secondary N) is 2. The van der Waals surface area contributed by atoms with Gasteiger partial charge in [-0.1, -0.05) is 0 Å². The van der Waals surface area contributed by atoms with Gasteiger partial charge in [0.2, 0.25) is 0 Å². The highest BCUT2D eigenvalue weighted by molar-refractivity contribution is 5.57. The summed E-state index contributed by atoms with van der Waals surface area (Å²) in [5, 5.41) is 2.09. The van der Waals surface area contributed by atoms with Crippen LogP contribution in [0.1, 0.15) is 11.3 Å². The van der Waals surface area contributed by atoms with Gasteiger partial charge < -0.3 is 9.99 Å². The zero-order valence-electron chi connectivity index (χ0n) is 6.94. The molecule has 2 heterocycles. The molecular weight excluding hydrogens is 138 g/mol. The van der Waals surface area contributed by atoms with Gasteiger partial charge in [-0.2, -0.15) is 0 Å². The summed E-state index contributed by atoms with van der Waals surface area (Å²) in [5.41, 5.74) is 7.26. The summed E-state index contributed by atoms with van der Waals surface area (Å²) in [7, 11) is 2.05. The van der Waals surface area contributed by atoms with E-state index in [2.05, 4.69) is 35.6 Å². The molecule has 2 rings (SSSR count). The maximum Gasteiger partial charge on any atom is 0.0752 e. The summed E-state index contributed by atoms with van der Waals surface area (Å²) in [4.78, 5) is 3.27. The number of hydrazine groups is 1. The van der Waals surface area contributed by atoms with Gasteiger partial charge in [-0.05, 0) is 12.5 Å². The second-order valence-corrected chi connectivity index (χ2v) is 3.02. The molecule has 1 aliphatic heterocycles. The Hall–Kier alpha value is -0.960. The van der Waals surface area contributed by atoms with Crippen molar-refractivity contribution >= 4 is 5.69 Å². The molecule has 0 unspecified atom stereocenters. The summed E-state index contributed by atoms with van der Waals surface area (Å²) in [5.74, 6) is 0. The van der Waals surface area contributed by atoms with E-state index in [1.165, 1.54) is 16.9 Å². The highest BCUT2D eigenvalue weighted by atomic mass is 15.5. The number of aromatic amines is 1. The van der Waals surface area contributed by atoms with Crippen molar-refractivity contribution in [3.05, 3.63) is 17.5 Å². The van der Waals surface area contributed by atoms with E-state index in [1.54, 1.807) is 0 Å². The average molecular weight is 151 g/mol. The highest BCUT2D eigenvalue weighted by Crippen LogP contribution is 2.24. The maximum atomic E-state index is 3.28. The van der Waals surface area contributed by atoms with Crippen LogP contribution in [0.15, 0.2) is 6.20 Å². The first kappa shape index (κ1) is 6.73. The zero-order chi connectivity index (χ0) is 7.84. The number of nitrogens with zero attached hydrogens (tertiary/aromatic N) is 1. The third-order valence-electron chi connectivity index (χ3n) is 2.18. The van der Waals surface area contributed by atoms with E-state index in [-0.39, 0.29) is 0 Å². The minimum Gasteiger partial charge on any atom is -0.363 e. The largest absolute Gasteiger partial charge is 0.363 e. The van der Waals surface area contributed by atoms with Crippen molar-refractivity contribution in [2.24, 2.45) is 0 Å². The fraction of sp³-hybridized carbons (Fsp3) is 0.500. The average Bonchev–Trinajstić information content (AvgIpc) is 2.34. The molecule has 0 fully saturated rings. The molecule has 0 saturated heterocycles. The van der Waals surface area contributed by atoms with Crippen LogP contribution in [0, 0.1) is 6.92 Å². The van der Waals surface area contributed by atoms with Gasteiger partial charge in [0.1, 0.15) is 0 Å². The van der Waals surface area contributed by atoms with E-state index in [4.69, 9.17) is 0 Å². The molecule has 0 aliphatic carbocycles. The maximum absolute atomic E-state index is 3.28. The summed E-state index contributed by atoms with van der Waals surface area (Å²) < 4.78 is 0. The van der Waals surface area contributed by atoms with Crippen molar-refractivity contribution in [3.8, 4) is 0 Å². The third-order valence-corrected chi connectivity index (χ3v) is 2.18. The van der Waals surface area contributed by atoms with Gasteiger partial charge in [0, 0.05) is 31.9 Å². The third kappa shape index (κ3) is 0.922. The van der Waals surface area contributed by atoms with Crippen LogP contribution in [0.25, 0.3) is 0 Å². The normalized spacial score (nSPS) is 16.7. The molecule has 0 atom stereocenters. The second-order valence-electron chi connectivity index (χ2n) is 3.02. The van der Waals surface area contributed by atoms with Crippen LogP contribution < -0.4 is 10.4 Å². The van der Waals surface area contributed by atoms with E-state index in [9.17, 15) is 0 Å². The van der Waals surface area contributed by atoms with Gasteiger partial charge in [0.15, 0.2) is 0 Å². The van der Waals surface area contributed by atoms with Crippen LogP contribution in [0.2, 0.25) is 0 Å². The summed E-state index contributed by atoms with van der Waals surface area (Å²) >= 11 is 0. The monoisotopic (exact) mass is 151 g/mol. The summed E-state index contributed by atoms with van der Waals surface area (Å²) in [6, 6.07) is 0. The highest BCUT2D eigenvalue weighted by Gasteiger charge is 2.15. The van der Waals surface area contributed by atoms with Crippen molar-refractivity contribution in [3.63, 3.8) is 0 Å². The molecule has 3 nitrogen and oxygen atoms in total. The van der Waals surface area contributed by atoms with Crippen molar-refractivity contribution in [1.29, 1.82) is 0 Å². The quantitative estimate of drug-likeness (QED) is 0.575. The molecule has 60 valence electrons. The molecule has 0 bridgehead atoms. The Morgan fingerprint density at radius 1 is 1.55 bits per heavy atom. The molecule has 1 aromatic rings. The molecule has 11 heavy (non-hydrogen) atoms. The molecule has 3 heteroatoms. The standard InChI is InChI=1S/C8H13N3/c1-6-5-9-7-3-4-10-11(2)8(6)7/h5,9-10H,3-4H2,1-2H3. The van der Waals surface area contributed by atoms with Crippen LogP contribution in [-0.2, 0) is 6.42 Å². The SMILES string of the molecule is Cc1c[nH]c2c1N(C)NCC2. The fourth-order valence-electron chi connectivity index (χ4n) is 1.66. The van der Waals surface area contributed by atoms with Crippen molar-refractivity contribution in [1.82, 2.24) is 10.4 Å². The fourth-order valence-corrected chi connectivity index (χ4v) is 1.66. The number of fused-ring (bicyclic) bond motifs is 1. The molecule has 1 aromatic heterocycles. The minimum absolute atomic E-state index is 1.03. The Balaban J connectivity index is 2.48. The molecule has 0 aromatic carbocycles. The topological polar surface area (TPSA) is 31.1 Å².